The monoisotopic (exact) mass is 1190 g/mol. The average Bonchev–Trinajstić information content (AvgIpc) is 0.785. The number of carbonyl (C=O) groups is 1. The molecule has 0 aromatic carbocycles. The van der Waals surface area contributed by atoms with Crippen LogP contribution in [-0.4, -0.2) is 251 Å². The predicted molar refractivity (Wildman–Crippen MR) is 282 cm³/mol. The first-order chi connectivity index (χ1) is 38.9. The number of fused-ring (bicyclic) bond motifs is 7. The molecule has 0 spiro atoms. The van der Waals surface area contributed by atoms with Gasteiger partial charge in [0.25, 0.3) is 0 Å². The lowest BCUT2D eigenvalue weighted by Crippen LogP contribution is -2.66. The Hall–Kier alpha value is -1.71. The average molecular weight is 1190 g/mol. The van der Waals surface area contributed by atoms with E-state index >= 15 is 0 Å². The molecule has 0 bridgehead atoms. The third-order valence-electron chi connectivity index (χ3n) is 22.8. The van der Waals surface area contributed by atoms with Crippen molar-refractivity contribution in [2.45, 2.75) is 267 Å². The highest BCUT2D eigenvalue weighted by atomic mass is 16.8. The summed E-state index contributed by atoms with van der Waals surface area (Å²) in [4.78, 5) is 13.2. The fraction of sp³-hybridized carbons (Fsp3) is 0.948. The molecule has 476 valence electrons. The summed E-state index contributed by atoms with van der Waals surface area (Å²) < 4.78 is 59.4. The molecule has 83 heavy (non-hydrogen) atoms. The highest BCUT2D eigenvalue weighted by molar-refractivity contribution is 5.76. The largest absolute Gasteiger partial charge is 0.481 e. The fourth-order valence-corrected chi connectivity index (χ4v) is 17.5. The molecule has 5 aliphatic carbocycles. The van der Waals surface area contributed by atoms with Crippen LogP contribution < -0.4 is 0 Å². The Morgan fingerprint density at radius 3 is 1.84 bits per heavy atom. The number of rotatable bonds is 13. The number of aliphatic carboxylic acids is 1. The first-order valence-electron chi connectivity index (χ1n) is 30.0. The van der Waals surface area contributed by atoms with Crippen LogP contribution in [0.1, 0.15) is 120 Å². The summed E-state index contributed by atoms with van der Waals surface area (Å²) in [7, 11) is 0. The topological polar surface area (TPSA) is 393 Å². The molecule has 5 saturated heterocycles. The molecule has 5 heterocycles. The molecule has 14 N–H and O–H groups in total. The van der Waals surface area contributed by atoms with Gasteiger partial charge in [-0.2, -0.15) is 0 Å². The van der Waals surface area contributed by atoms with Crippen LogP contribution >= 0.6 is 0 Å². The summed E-state index contributed by atoms with van der Waals surface area (Å²) in [6, 6.07) is 0. The summed E-state index contributed by atoms with van der Waals surface area (Å²) in [5.41, 5.74) is -0.0882. The zero-order chi connectivity index (χ0) is 60.4. The van der Waals surface area contributed by atoms with Crippen LogP contribution in [0.5, 0.6) is 0 Å². The normalized spacial score (nSPS) is 54.3. The molecule has 5 aliphatic heterocycles. The van der Waals surface area contributed by atoms with E-state index in [2.05, 4.69) is 54.5 Å². The van der Waals surface area contributed by atoms with Crippen LogP contribution in [0.3, 0.4) is 0 Å². The van der Waals surface area contributed by atoms with Gasteiger partial charge in [0.1, 0.15) is 104 Å². The minimum atomic E-state index is -1.98. The van der Waals surface area contributed by atoms with Crippen molar-refractivity contribution in [3.8, 4) is 0 Å². The maximum atomic E-state index is 13.2. The van der Waals surface area contributed by atoms with Gasteiger partial charge in [-0.15, -0.1) is 0 Å². The number of ether oxygens (including phenoxy) is 10. The van der Waals surface area contributed by atoms with E-state index in [0.717, 1.165) is 44.9 Å². The molecule has 9 fully saturated rings. The minimum Gasteiger partial charge on any atom is -0.481 e. The van der Waals surface area contributed by atoms with Gasteiger partial charge in [0.2, 0.25) is 0 Å². The maximum absolute atomic E-state index is 13.2. The van der Waals surface area contributed by atoms with Gasteiger partial charge >= 0.3 is 5.97 Å². The van der Waals surface area contributed by atoms with Crippen LogP contribution in [0, 0.1) is 50.2 Å². The van der Waals surface area contributed by atoms with E-state index in [1.807, 2.05) is 0 Å². The second-order valence-corrected chi connectivity index (χ2v) is 28.2. The molecular formula is C58H94O25. The van der Waals surface area contributed by atoms with E-state index in [9.17, 15) is 76.3 Å². The molecule has 10 aliphatic rings. The lowest BCUT2D eigenvalue weighted by atomic mass is 9.33. The van der Waals surface area contributed by atoms with Gasteiger partial charge in [-0.1, -0.05) is 60.1 Å². The lowest BCUT2D eigenvalue weighted by Gasteiger charge is -2.71. The Labute approximate surface area is 483 Å². The number of hydrogen-bond acceptors (Lipinski definition) is 24. The standard InChI is InChI=1S/C58H94O25/c1-24-34(62)45(82-47-40(68)37(65)30(23-75-47)79-48-42(70)39(67)44(29(21-60)78-48)81-49-41(69)38(66)36(64)28(20-59)77-49)43(71)50(76-24)83-46-35(63)27(61)22-74-51(46)80-33-12-13-55(6)31(54(33,4)5)11-14-57(8)32(55)10-9-25-26-19-53(2,3)15-17-58(26,52(72)73)18-16-56(25,57)7/h9,24,26-51,59-71H,10-23H2,1-8H3,(H,72,73). The minimum absolute atomic E-state index is 0.00231. The summed E-state index contributed by atoms with van der Waals surface area (Å²) >= 11 is 0. The Kier molecular flexibility index (Phi) is 18.3. The SMILES string of the molecule is CC1OC(OC2C(OC3CCC4(C)C(CCC5(C)C4CC=C4C6CC(C)(C)CCC6(C(=O)O)CCC45C)C3(C)C)OCC(O)C2O)C(O)C(OC2OCC(OC3OC(CO)C(OC4OC(CO)C(O)C(O)C4O)C(O)C3O)C(O)C2O)C1O. The Balaban J connectivity index is 0.779. The van der Waals surface area contributed by atoms with Crippen molar-refractivity contribution in [2.75, 3.05) is 26.4 Å². The second kappa shape index (κ2) is 23.6. The highest BCUT2D eigenvalue weighted by Gasteiger charge is 2.70. The van der Waals surface area contributed by atoms with Gasteiger partial charge in [0.15, 0.2) is 31.5 Å². The first-order valence-corrected chi connectivity index (χ1v) is 30.0. The van der Waals surface area contributed by atoms with Gasteiger partial charge < -0.3 is 119 Å². The van der Waals surface area contributed by atoms with E-state index < -0.39 is 184 Å². The van der Waals surface area contributed by atoms with Crippen molar-refractivity contribution in [1.29, 1.82) is 0 Å². The van der Waals surface area contributed by atoms with E-state index in [1.54, 1.807) is 0 Å². The molecule has 0 aromatic rings. The van der Waals surface area contributed by atoms with Crippen LogP contribution in [0.4, 0.5) is 0 Å². The quantitative estimate of drug-likeness (QED) is 0.0750. The fourth-order valence-electron chi connectivity index (χ4n) is 17.5. The molecule has 31 atom stereocenters. The zero-order valence-electron chi connectivity index (χ0n) is 48.8. The van der Waals surface area contributed by atoms with Gasteiger partial charge in [-0.05, 0) is 116 Å². The van der Waals surface area contributed by atoms with Gasteiger partial charge in [-0.25, -0.2) is 0 Å². The van der Waals surface area contributed by atoms with Crippen molar-refractivity contribution in [2.24, 2.45) is 50.2 Å². The van der Waals surface area contributed by atoms with E-state index in [-0.39, 0.29) is 40.1 Å². The van der Waals surface area contributed by atoms with Crippen molar-refractivity contribution < 1.29 is 124 Å². The molecule has 25 heteroatoms. The van der Waals surface area contributed by atoms with E-state index in [0.29, 0.717) is 25.2 Å². The molecule has 31 unspecified atom stereocenters. The summed E-state index contributed by atoms with van der Waals surface area (Å²) in [5.74, 6) is -0.136. The third kappa shape index (κ3) is 10.8. The van der Waals surface area contributed by atoms with Crippen molar-refractivity contribution in [3.05, 3.63) is 11.6 Å². The summed E-state index contributed by atoms with van der Waals surface area (Å²) in [6.07, 6.45) is -27.9. The first kappa shape index (κ1) is 64.3. The second-order valence-electron chi connectivity index (χ2n) is 28.2. The summed E-state index contributed by atoms with van der Waals surface area (Å²) in [6.45, 7) is 15.3. The number of allylic oxidation sites excluding steroid dienone is 2. The van der Waals surface area contributed by atoms with Crippen LogP contribution in [0.25, 0.3) is 0 Å². The molecular weight excluding hydrogens is 1100 g/mol. The van der Waals surface area contributed by atoms with Gasteiger partial charge in [-0.3, -0.25) is 4.79 Å². The van der Waals surface area contributed by atoms with Crippen molar-refractivity contribution in [3.63, 3.8) is 0 Å². The maximum Gasteiger partial charge on any atom is 0.310 e. The van der Waals surface area contributed by atoms with Gasteiger partial charge in [0, 0.05) is 0 Å². The molecule has 0 radical (unpaired) electrons. The van der Waals surface area contributed by atoms with Gasteiger partial charge in [0.05, 0.1) is 44.1 Å². The molecule has 0 amide bonds. The Morgan fingerprint density at radius 1 is 0.554 bits per heavy atom. The van der Waals surface area contributed by atoms with Crippen molar-refractivity contribution >= 4 is 5.97 Å². The smallest absolute Gasteiger partial charge is 0.310 e. The predicted octanol–water partition coefficient (Wildman–Crippen LogP) is -1.34. The Morgan fingerprint density at radius 2 is 1.16 bits per heavy atom. The number of carboxylic acids is 1. The van der Waals surface area contributed by atoms with E-state index in [4.69, 9.17) is 47.4 Å². The molecule has 10 rings (SSSR count). The molecule has 25 nitrogen and oxygen atoms in total. The summed E-state index contributed by atoms with van der Waals surface area (Å²) in [5, 5.41) is 152. The van der Waals surface area contributed by atoms with Crippen LogP contribution in [0.15, 0.2) is 11.6 Å². The van der Waals surface area contributed by atoms with Crippen LogP contribution in [0.2, 0.25) is 0 Å². The zero-order valence-corrected chi connectivity index (χ0v) is 48.8. The third-order valence-corrected chi connectivity index (χ3v) is 22.8. The van der Waals surface area contributed by atoms with Crippen LogP contribution in [-0.2, 0) is 52.2 Å². The van der Waals surface area contributed by atoms with E-state index in [1.165, 1.54) is 12.5 Å². The lowest BCUT2D eigenvalue weighted by molar-refractivity contribution is -0.386. The number of carboxylic acid groups (broad SMARTS) is 1. The highest BCUT2D eigenvalue weighted by Crippen LogP contribution is 2.76. The Bertz CT molecular complexity index is 2310. The molecule has 4 saturated carbocycles. The number of aliphatic hydroxyl groups excluding tert-OH is 13. The molecule has 0 aromatic heterocycles. The number of hydrogen-bond donors (Lipinski definition) is 14. The van der Waals surface area contributed by atoms with Crippen molar-refractivity contribution in [1.82, 2.24) is 0 Å². The number of aliphatic hydroxyl groups is 13.